The van der Waals surface area contributed by atoms with Crippen LogP contribution in [0, 0.1) is 6.92 Å². The molecule has 0 radical (unpaired) electrons. The van der Waals surface area contributed by atoms with E-state index in [1.165, 1.54) is 17.0 Å². The van der Waals surface area contributed by atoms with Crippen molar-refractivity contribution in [1.82, 2.24) is 10.2 Å². The minimum Gasteiger partial charge on any atom is -0.352 e. The Bertz CT molecular complexity index is 1330. The number of benzene rings is 3. The first kappa shape index (κ1) is 29.4. The van der Waals surface area contributed by atoms with E-state index in [0.29, 0.717) is 5.69 Å². The second-order valence-electron chi connectivity index (χ2n) is 9.30. The number of nitrogens with zero attached hydrogens (tertiary/aromatic N) is 2. The van der Waals surface area contributed by atoms with Crippen LogP contribution in [0.5, 0.6) is 0 Å². The van der Waals surface area contributed by atoms with Gasteiger partial charge in [-0.05, 0) is 69.2 Å². The van der Waals surface area contributed by atoms with Crippen LogP contribution in [0.15, 0.2) is 88.2 Å². The van der Waals surface area contributed by atoms with Crippen molar-refractivity contribution in [3.8, 4) is 0 Å². The van der Waals surface area contributed by atoms with Gasteiger partial charge in [-0.3, -0.25) is 13.9 Å². The van der Waals surface area contributed by atoms with Crippen LogP contribution < -0.4 is 9.62 Å². The Morgan fingerprint density at radius 3 is 2.11 bits per heavy atom. The average molecular weight is 601 g/mol. The Morgan fingerprint density at radius 2 is 1.53 bits per heavy atom. The van der Waals surface area contributed by atoms with E-state index in [9.17, 15) is 18.0 Å². The van der Waals surface area contributed by atoms with Crippen LogP contribution in [0.4, 0.5) is 5.69 Å². The van der Waals surface area contributed by atoms with Crippen LogP contribution in [0.2, 0.25) is 0 Å². The number of para-hydroxylation sites is 1. The first-order chi connectivity index (χ1) is 18.0. The third kappa shape index (κ3) is 7.45. The molecule has 0 heterocycles. The molecule has 2 amide bonds. The van der Waals surface area contributed by atoms with Gasteiger partial charge in [-0.2, -0.15) is 0 Å². The maximum absolute atomic E-state index is 13.9. The van der Waals surface area contributed by atoms with Crippen molar-refractivity contribution in [2.45, 2.75) is 57.6 Å². The van der Waals surface area contributed by atoms with Crippen molar-refractivity contribution in [1.29, 1.82) is 0 Å². The largest absolute Gasteiger partial charge is 0.352 e. The van der Waals surface area contributed by atoms with E-state index >= 15 is 0 Å². The van der Waals surface area contributed by atoms with Gasteiger partial charge in [0.1, 0.15) is 12.6 Å². The van der Waals surface area contributed by atoms with Crippen molar-refractivity contribution in [3.63, 3.8) is 0 Å². The molecule has 0 aliphatic carbocycles. The van der Waals surface area contributed by atoms with Crippen molar-refractivity contribution < 1.29 is 18.0 Å². The third-order valence-corrected chi connectivity index (χ3v) is 8.68. The molecule has 3 aromatic carbocycles. The normalized spacial score (nSPS) is 12.9. The number of carbonyl (C=O) groups excluding carboxylic acids is 2. The predicted octanol–water partition coefficient (Wildman–Crippen LogP) is 5.28. The Labute approximate surface area is 234 Å². The van der Waals surface area contributed by atoms with Gasteiger partial charge in [0.25, 0.3) is 10.0 Å². The highest BCUT2D eigenvalue weighted by Crippen LogP contribution is 2.25. The number of carbonyl (C=O) groups is 2. The van der Waals surface area contributed by atoms with E-state index in [1.807, 2.05) is 45.0 Å². The minimum atomic E-state index is -4.07. The molecule has 0 aromatic heterocycles. The smallest absolute Gasteiger partial charge is 0.264 e. The summed E-state index contributed by atoms with van der Waals surface area (Å²) >= 11 is 3.42. The van der Waals surface area contributed by atoms with Crippen LogP contribution >= 0.6 is 15.9 Å². The van der Waals surface area contributed by atoms with Gasteiger partial charge in [-0.15, -0.1) is 0 Å². The molecule has 0 spiro atoms. The molecular weight excluding hydrogens is 566 g/mol. The summed E-state index contributed by atoms with van der Waals surface area (Å²) in [5.41, 5.74) is 2.10. The summed E-state index contributed by atoms with van der Waals surface area (Å²) in [7, 11) is -4.07. The molecule has 0 fully saturated rings. The zero-order valence-corrected chi connectivity index (χ0v) is 24.5. The molecule has 9 heteroatoms. The van der Waals surface area contributed by atoms with E-state index in [1.54, 1.807) is 49.4 Å². The Hall–Kier alpha value is -3.17. The molecule has 0 bridgehead atoms. The lowest BCUT2D eigenvalue weighted by atomic mass is 10.1. The summed E-state index contributed by atoms with van der Waals surface area (Å²) in [6.45, 7) is 7.09. The fourth-order valence-corrected chi connectivity index (χ4v) is 5.47. The van der Waals surface area contributed by atoms with E-state index in [4.69, 9.17) is 0 Å². The lowest BCUT2D eigenvalue weighted by molar-refractivity contribution is -0.139. The van der Waals surface area contributed by atoms with Gasteiger partial charge >= 0.3 is 0 Å². The second kappa shape index (κ2) is 13.1. The fraction of sp³-hybridized carbons (Fsp3) is 0.310. The number of amides is 2. The number of hydrogen-bond donors (Lipinski definition) is 1. The molecular formula is C29H34BrN3O4S. The number of halogens is 1. The molecule has 38 heavy (non-hydrogen) atoms. The lowest BCUT2D eigenvalue weighted by Crippen LogP contribution is -2.52. The Balaban J connectivity index is 1.99. The summed E-state index contributed by atoms with van der Waals surface area (Å²) in [4.78, 5) is 28.4. The maximum Gasteiger partial charge on any atom is 0.264 e. The number of hydrogen-bond acceptors (Lipinski definition) is 4. The predicted molar refractivity (Wildman–Crippen MR) is 154 cm³/mol. The Kier molecular flexibility index (Phi) is 10.1. The number of nitrogens with one attached hydrogen (secondary N) is 1. The van der Waals surface area contributed by atoms with Crippen molar-refractivity contribution in [2.75, 3.05) is 10.8 Å². The molecule has 7 nitrogen and oxygen atoms in total. The molecule has 202 valence electrons. The van der Waals surface area contributed by atoms with Gasteiger partial charge < -0.3 is 10.2 Å². The third-order valence-electron chi connectivity index (χ3n) is 6.37. The molecule has 2 unspecified atom stereocenters. The molecule has 2 atom stereocenters. The number of anilines is 1. The zero-order valence-electron chi connectivity index (χ0n) is 22.1. The van der Waals surface area contributed by atoms with Gasteiger partial charge in [0.15, 0.2) is 0 Å². The Morgan fingerprint density at radius 1 is 0.921 bits per heavy atom. The minimum absolute atomic E-state index is 0.0580. The van der Waals surface area contributed by atoms with Crippen LogP contribution in [0.25, 0.3) is 0 Å². The quantitative estimate of drug-likeness (QED) is 0.324. The fourth-order valence-electron chi connectivity index (χ4n) is 3.80. The standard InChI is InChI=1S/C29H34BrN3O4S/c1-5-22(3)31-29(35)23(4)32(19-24-13-15-25(30)16-14-24)28(34)20-33(26-9-7-6-8-10-26)38(36,37)27-17-11-21(2)12-18-27/h6-18,22-23H,5,19-20H2,1-4H3,(H,31,35). The average Bonchev–Trinajstić information content (AvgIpc) is 2.91. The number of aryl methyl sites for hydroxylation is 1. The van der Waals surface area contributed by atoms with Crippen LogP contribution in [0.3, 0.4) is 0 Å². The molecule has 0 aliphatic heterocycles. The molecule has 0 saturated heterocycles. The SMILES string of the molecule is CCC(C)NC(=O)C(C)N(Cc1ccc(Br)cc1)C(=O)CN(c1ccccc1)S(=O)(=O)c1ccc(C)cc1. The molecule has 0 saturated carbocycles. The molecule has 0 aliphatic rings. The van der Waals surface area contributed by atoms with Crippen LogP contribution in [-0.4, -0.2) is 43.8 Å². The van der Waals surface area contributed by atoms with Crippen molar-refractivity contribution in [2.24, 2.45) is 0 Å². The zero-order chi connectivity index (χ0) is 27.9. The summed E-state index contributed by atoms with van der Waals surface area (Å²) in [6, 6.07) is 21.6. The number of rotatable bonds is 11. The summed E-state index contributed by atoms with van der Waals surface area (Å²) in [5.74, 6) is -0.781. The highest BCUT2D eigenvalue weighted by atomic mass is 79.9. The topological polar surface area (TPSA) is 86.8 Å². The monoisotopic (exact) mass is 599 g/mol. The lowest BCUT2D eigenvalue weighted by Gasteiger charge is -2.32. The molecule has 3 rings (SSSR count). The van der Waals surface area contributed by atoms with E-state index in [2.05, 4.69) is 21.2 Å². The van der Waals surface area contributed by atoms with Gasteiger partial charge in [0.2, 0.25) is 11.8 Å². The van der Waals surface area contributed by atoms with Crippen molar-refractivity contribution in [3.05, 3.63) is 94.5 Å². The molecule has 1 N–H and O–H groups in total. The maximum atomic E-state index is 13.9. The molecule has 3 aromatic rings. The van der Waals surface area contributed by atoms with Gasteiger partial charge in [-0.1, -0.05) is 70.9 Å². The van der Waals surface area contributed by atoms with Gasteiger partial charge in [-0.25, -0.2) is 8.42 Å². The summed E-state index contributed by atoms with van der Waals surface area (Å²) in [6.07, 6.45) is 0.746. The summed E-state index contributed by atoms with van der Waals surface area (Å²) in [5, 5.41) is 2.93. The van der Waals surface area contributed by atoms with E-state index in [0.717, 1.165) is 26.3 Å². The highest BCUT2D eigenvalue weighted by molar-refractivity contribution is 9.10. The first-order valence-corrected chi connectivity index (χ1v) is 14.7. The summed E-state index contributed by atoms with van der Waals surface area (Å²) < 4.78 is 29.5. The van der Waals surface area contributed by atoms with Crippen molar-refractivity contribution >= 4 is 43.5 Å². The van der Waals surface area contributed by atoms with Crippen LogP contribution in [0.1, 0.15) is 38.3 Å². The van der Waals surface area contributed by atoms with Gasteiger partial charge in [0.05, 0.1) is 10.6 Å². The van der Waals surface area contributed by atoms with E-state index < -0.39 is 28.5 Å². The second-order valence-corrected chi connectivity index (χ2v) is 12.1. The van der Waals surface area contributed by atoms with Crippen LogP contribution in [-0.2, 0) is 26.2 Å². The van der Waals surface area contributed by atoms with E-state index in [-0.39, 0.29) is 23.4 Å². The van der Waals surface area contributed by atoms with Gasteiger partial charge in [0, 0.05) is 17.1 Å². The first-order valence-electron chi connectivity index (χ1n) is 12.5. The highest BCUT2D eigenvalue weighted by Gasteiger charge is 2.32. The number of sulfonamides is 1.